The number of piperazine rings is 1. The summed E-state index contributed by atoms with van der Waals surface area (Å²) in [5.41, 5.74) is 2.09. The fourth-order valence-electron chi connectivity index (χ4n) is 3.75. The van der Waals surface area contributed by atoms with Gasteiger partial charge in [0.05, 0.1) is 33.6 Å². The largest absolute Gasteiger partial charge is 0.493 e. The monoisotopic (exact) mass is 443 g/mol. The van der Waals surface area contributed by atoms with Crippen molar-refractivity contribution in [3.05, 3.63) is 39.9 Å². The number of ether oxygens (including phenoxy) is 3. The van der Waals surface area contributed by atoms with Crippen LogP contribution in [-0.4, -0.2) is 68.2 Å². The van der Waals surface area contributed by atoms with E-state index >= 15 is 0 Å². The van der Waals surface area contributed by atoms with Gasteiger partial charge in [-0.05, 0) is 36.6 Å². The molecule has 2 fully saturated rings. The summed E-state index contributed by atoms with van der Waals surface area (Å²) in [6.07, 6.45) is 5.97. The summed E-state index contributed by atoms with van der Waals surface area (Å²) in [7, 11) is 4.72. The molecule has 4 rings (SSSR count). The molecule has 2 heterocycles. The van der Waals surface area contributed by atoms with E-state index in [9.17, 15) is 4.79 Å². The van der Waals surface area contributed by atoms with Gasteiger partial charge in [-0.2, -0.15) is 0 Å². The standard InChI is InChI=1S/C23H29N3O4S/c1-28-19-12-16(13-20(29-2)23(19)30-3)4-7-22(27)26-10-8-25(9-11-26)14-21-24-18(15-31-21)17-5-6-17/h4,7,12-13,15,17H,5-6,8-11,14H2,1-3H3/b7-4+. The number of carbonyl (C=O) groups is 1. The Morgan fingerprint density at radius 3 is 2.35 bits per heavy atom. The Balaban J connectivity index is 1.31. The molecule has 0 radical (unpaired) electrons. The number of carbonyl (C=O) groups excluding carboxylic acids is 1. The maximum absolute atomic E-state index is 12.7. The quantitative estimate of drug-likeness (QED) is 0.583. The highest BCUT2D eigenvalue weighted by molar-refractivity contribution is 7.09. The average Bonchev–Trinajstić information content (AvgIpc) is 3.56. The zero-order chi connectivity index (χ0) is 21.8. The summed E-state index contributed by atoms with van der Waals surface area (Å²) in [5.74, 6) is 2.38. The van der Waals surface area contributed by atoms with Crippen LogP contribution in [0.3, 0.4) is 0 Å². The minimum absolute atomic E-state index is 0.0127. The lowest BCUT2D eigenvalue weighted by Gasteiger charge is -2.33. The van der Waals surface area contributed by atoms with Crippen molar-refractivity contribution >= 4 is 23.3 Å². The molecular formula is C23H29N3O4S. The van der Waals surface area contributed by atoms with Gasteiger partial charge in [-0.1, -0.05) is 0 Å². The van der Waals surface area contributed by atoms with Gasteiger partial charge in [0.15, 0.2) is 11.5 Å². The van der Waals surface area contributed by atoms with Crippen LogP contribution in [0.2, 0.25) is 0 Å². The van der Waals surface area contributed by atoms with Crippen molar-refractivity contribution in [3.8, 4) is 17.2 Å². The van der Waals surface area contributed by atoms with Crippen molar-refractivity contribution in [2.75, 3.05) is 47.5 Å². The van der Waals surface area contributed by atoms with Crippen LogP contribution in [0, 0.1) is 0 Å². The first kappa shape index (κ1) is 21.6. The summed E-state index contributed by atoms with van der Waals surface area (Å²) in [5, 5.41) is 3.39. The number of aromatic nitrogens is 1. The molecule has 31 heavy (non-hydrogen) atoms. The van der Waals surface area contributed by atoms with Gasteiger partial charge in [0, 0.05) is 43.6 Å². The summed E-state index contributed by atoms with van der Waals surface area (Å²) >= 11 is 1.76. The van der Waals surface area contributed by atoms with Gasteiger partial charge in [0.2, 0.25) is 11.7 Å². The van der Waals surface area contributed by atoms with Crippen LogP contribution in [0.1, 0.15) is 35.0 Å². The van der Waals surface area contributed by atoms with E-state index in [0.29, 0.717) is 23.2 Å². The van der Waals surface area contributed by atoms with E-state index in [1.807, 2.05) is 17.0 Å². The summed E-state index contributed by atoms with van der Waals surface area (Å²) in [4.78, 5) is 21.7. The van der Waals surface area contributed by atoms with Gasteiger partial charge in [0.25, 0.3) is 0 Å². The zero-order valence-electron chi connectivity index (χ0n) is 18.3. The Kier molecular flexibility index (Phi) is 6.77. The molecule has 1 saturated heterocycles. The Morgan fingerprint density at radius 1 is 1.10 bits per heavy atom. The molecule has 1 saturated carbocycles. The average molecular weight is 444 g/mol. The van der Waals surface area contributed by atoms with E-state index in [2.05, 4.69) is 10.3 Å². The van der Waals surface area contributed by atoms with E-state index in [4.69, 9.17) is 19.2 Å². The molecule has 1 aliphatic heterocycles. The highest BCUT2D eigenvalue weighted by atomic mass is 32.1. The number of hydrogen-bond acceptors (Lipinski definition) is 7. The second-order valence-corrected chi connectivity index (χ2v) is 8.78. The number of methoxy groups -OCH3 is 3. The molecule has 2 aliphatic rings. The Bertz CT molecular complexity index is 921. The Hall–Kier alpha value is -2.58. The zero-order valence-corrected chi connectivity index (χ0v) is 19.1. The molecule has 2 aromatic rings. The van der Waals surface area contributed by atoms with E-state index < -0.39 is 0 Å². The lowest BCUT2D eigenvalue weighted by atomic mass is 10.1. The third-order valence-corrected chi connectivity index (χ3v) is 6.57. The Morgan fingerprint density at radius 2 is 1.77 bits per heavy atom. The van der Waals surface area contributed by atoms with Crippen LogP contribution < -0.4 is 14.2 Å². The van der Waals surface area contributed by atoms with Crippen LogP contribution >= 0.6 is 11.3 Å². The second kappa shape index (κ2) is 9.70. The molecular weight excluding hydrogens is 414 g/mol. The molecule has 1 aromatic heterocycles. The molecule has 1 aromatic carbocycles. The van der Waals surface area contributed by atoms with Crippen molar-refractivity contribution in [2.45, 2.75) is 25.3 Å². The van der Waals surface area contributed by atoms with Gasteiger partial charge < -0.3 is 19.1 Å². The fraction of sp³-hybridized carbons (Fsp3) is 0.478. The van der Waals surface area contributed by atoms with Gasteiger partial charge in [-0.25, -0.2) is 4.98 Å². The van der Waals surface area contributed by atoms with Crippen molar-refractivity contribution in [3.63, 3.8) is 0 Å². The first-order valence-electron chi connectivity index (χ1n) is 10.5. The van der Waals surface area contributed by atoms with Crippen molar-refractivity contribution < 1.29 is 19.0 Å². The van der Waals surface area contributed by atoms with E-state index in [0.717, 1.165) is 38.3 Å². The van der Waals surface area contributed by atoms with Crippen molar-refractivity contribution in [2.24, 2.45) is 0 Å². The summed E-state index contributed by atoms with van der Waals surface area (Å²) in [6, 6.07) is 3.65. The van der Waals surface area contributed by atoms with Crippen LogP contribution in [0.15, 0.2) is 23.6 Å². The van der Waals surface area contributed by atoms with Gasteiger partial charge in [0.1, 0.15) is 5.01 Å². The highest BCUT2D eigenvalue weighted by Gasteiger charge is 2.27. The minimum atomic E-state index is 0.0127. The number of hydrogen-bond donors (Lipinski definition) is 0. The van der Waals surface area contributed by atoms with Crippen molar-refractivity contribution in [1.29, 1.82) is 0 Å². The van der Waals surface area contributed by atoms with Crippen LogP contribution in [-0.2, 0) is 11.3 Å². The maximum Gasteiger partial charge on any atom is 0.246 e. The summed E-state index contributed by atoms with van der Waals surface area (Å²) < 4.78 is 16.1. The molecule has 7 nitrogen and oxygen atoms in total. The lowest BCUT2D eigenvalue weighted by molar-refractivity contribution is -0.127. The Labute approximate surface area is 187 Å². The third kappa shape index (κ3) is 5.19. The second-order valence-electron chi connectivity index (χ2n) is 7.83. The van der Waals surface area contributed by atoms with Crippen LogP contribution in [0.4, 0.5) is 0 Å². The fourth-order valence-corrected chi connectivity index (χ4v) is 4.67. The lowest BCUT2D eigenvalue weighted by Crippen LogP contribution is -2.47. The predicted molar refractivity (Wildman–Crippen MR) is 121 cm³/mol. The van der Waals surface area contributed by atoms with Crippen molar-refractivity contribution in [1.82, 2.24) is 14.8 Å². The number of amides is 1. The number of rotatable bonds is 8. The third-order valence-electron chi connectivity index (χ3n) is 5.71. The van der Waals surface area contributed by atoms with E-state index in [1.54, 1.807) is 44.8 Å². The molecule has 0 unspecified atom stereocenters. The maximum atomic E-state index is 12.7. The molecule has 0 atom stereocenters. The number of nitrogens with zero attached hydrogens (tertiary/aromatic N) is 3. The number of benzene rings is 1. The predicted octanol–water partition coefficient (Wildman–Crippen LogP) is 3.40. The van der Waals surface area contributed by atoms with Gasteiger partial charge in [-0.15, -0.1) is 11.3 Å². The SMILES string of the molecule is COc1cc(/C=C/C(=O)N2CCN(Cc3nc(C4CC4)cs3)CC2)cc(OC)c1OC. The summed E-state index contributed by atoms with van der Waals surface area (Å²) in [6.45, 7) is 4.05. The normalized spacial score (nSPS) is 17.2. The molecule has 0 N–H and O–H groups in total. The molecule has 1 amide bonds. The van der Waals surface area contributed by atoms with E-state index in [1.165, 1.54) is 23.5 Å². The topological polar surface area (TPSA) is 64.1 Å². The first-order valence-corrected chi connectivity index (χ1v) is 11.4. The van der Waals surface area contributed by atoms with Gasteiger partial charge >= 0.3 is 0 Å². The van der Waals surface area contributed by atoms with Crippen LogP contribution in [0.5, 0.6) is 17.2 Å². The molecule has 0 bridgehead atoms. The van der Waals surface area contributed by atoms with Gasteiger partial charge in [-0.3, -0.25) is 9.69 Å². The van der Waals surface area contributed by atoms with Crippen LogP contribution in [0.25, 0.3) is 6.08 Å². The van der Waals surface area contributed by atoms with E-state index in [-0.39, 0.29) is 5.91 Å². The highest BCUT2D eigenvalue weighted by Crippen LogP contribution is 2.40. The minimum Gasteiger partial charge on any atom is -0.493 e. The number of thiazole rings is 1. The smallest absolute Gasteiger partial charge is 0.246 e. The first-order chi connectivity index (χ1) is 15.1. The molecule has 8 heteroatoms. The molecule has 1 aliphatic carbocycles. The molecule has 166 valence electrons. The molecule has 0 spiro atoms.